The molecule has 2 rings (SSSR count). The summed E-state index contributed by atoms with van der Waals surface area (Å²) in [5.74, 6) is -0.0879. The van der Waals surface area contributed by atoms with Crippen molar-refractivity contribution in [1.29, 1.82) is 0 Å². The van der Waals surface area contributed by atoms with Crippen molar-refractivity contribution < 1.29 is 9.59 Å². The average molecular weight is 296 g/mol. The van der Waals surface area contributed by atoms with E-state index < -0.39 is 12.1 Å². The molecule has 2 aromatic carbocycles. The summed E-state index contributed by atoms with van der Waals surface area (Å²) in [4.78, 5) is 22.9. The number of carbonyl (C=O) groups excluding carboxylic acids is 2. The first-order chi connectivity index (χ1) is 10.6. The van der Waals surface area contributed by atoms with E-state index in [1.165, 1.54) is 0 Å². The maximum Gasteiger partial charge on any atom is 0.179 e. The number of carbonyl (C=O) groups is 2. The lowest BCUT2D eigenvalue weighted by atomic mass is 9.97. The number of nitrogens with two attached hydrogens (primary N) is 2. The zero-order chi connectivity index (χ0) is 15.9. The van der Waals surface area contributed by atoms with E-state index in [1.54, 1.807) is 12.1 Å². The molecule has 0 saturated carbocycles. The minimum atomic E-state index is -0.564. The van der Waals surface area contributed by atoms with Crippen LogP contribution in [0.5, 0.6) is 0 Å². The van der Waals surface area contributed by atoms with Gasteiger partial charge in [-0.1, -0.05) is 54.6 Å². The predicted octanol–water partition coefficient (Wildman–Crippen LogP) is 1.51. The van der Waals surface area contributed by atoms with Crippen LogP contribution in [-0.4, -0.2) is 24.2 Å². The van der Waals surface area contributed by atoms with Gasteiger partial charge in [-0.05, 0) is 24.0 Å². The molecule has 0 amide bonds. The van der Waals surface area contributed by atoms with Crippen molar-refractivity contribution >= 4 is 12.1 Å². The summed E-state index contributed by atoms with van der Waals surface area (Å²) in [6, 6.07) is 15.7. The standard InChI is InChI=1S/C18H20N2O2/c19-16(12-21)10-14-6-8-15(9-7-14)18(22)17(20)11-13-4-2-1-3-5-13/h1-9,12,16-17H,10-11,19-20H2/t16-,17-/m1/s1. The van der Waals surface area contributed by atoms with Gasteiger partial charge in [0.2, 0.25) is 0 Å². The van der Waals surface area contributed by atoms with Crippen molar-refractivity contribution in [3.05, 3.63) is 71.3 Å². The summed E-state index contributed by atoms with van der Waals surface area (Å²) in [6.07, 6.45) is 1.69. The molecule has 0 aliphatic heterocycles. The molecule has 0 aliphatic rings. The average Bonchev–Trinajstić information content (AvgIpc) is 2.55. The van der Waals surface area contributed by atoms with Crippen LogP contribution in [0.25, 0.3) is 0 Å². The first-order valence-electron chi connectivity index (χ1n) is 7.23. The molecule has 0 fully saturated rings. The number of ketones is 1. The van der Waals surface area contributed by atoms with Crippen LogP contribution >= 0.6 is 0 Å². The number of benzene rings is 2. The van der Waals surface area contributed by atoms with Gasteiger partial charge in [0.25, 0.3) is 0 Å². The van der Waals surface area contributed by atoms with Gasteiger partial charge in [-0.15, -0.1) is 0 Å². The fourth-order valence-electron chi connectivity index (χ4n) is 2.30. The van der Waals surface area contributed by atoms with E-state index in [1.807, 2.05) is 42.5 Å². The van der Waals surface area contributed by atoms with Crippen LogP contribution in [0.1, 0.15) is 21.5 Å². The summed E-state index contributed by atoms with van der Waals surface area (Å²) in [5, 5.41) is 0. The fraction of sp³-hybridized carbons (Fsp3) is 0.222. The molecule has 0 radical (unpaired) electrons. The molecule has 22 heavy (non-hydrogen) atoms. The molecule has 2 atom stereocenters. The molecule has 0 aliphatic carbocycles. The van der Waals surface area contributed by atoms with Gasteiger partial charge in [-0.2, -0.15) is 0 Å². The van der Waals surface area contributed by atoms with Crippen LogP contribution < -0.4 is 11.5 Å². The summed E-state index contributed by atoms with van der Waals surface area (Å²) in [7, 11) is 0. The molecule has 4 heteroatoms. The molecule has 0 bridgehead atoms. The van der Waals surface area contributed by atoms with Gasteiger partial charge in [-0.3, -0.25) is 4.79 Å². The van der Waals surface area contributed by atoms with Gasteiger partial charge in [0.05, 0.1) is 12.1 Å². The summed E-state index contributed by atoms with van der Waals surface area (Å²) in [5.41, 5.74) is 14.1. The normalized spacial score (nSPS) is 13.4. The SMILES string of the molecule is N[C@H](Cc1ccccc1)C(=O)c1ccc(C[C@@H](N)C=O)cc1. The molecule has 0 unspecified atom stereocenters. The lowest BCUT2D eigenvalue weighted by Gasteiger charge is -2.11. The van der Waals surface area contributed by atoms with Crippen molar-refractivity contribution in [1.82, 2.24) is 0 Å². The Labute approximate surface area is 130 Å². The number of hydrogen-bond acceptors (Lipinski definition) is 4. The third-order valence-electron chi connectivity index (χ3n) is 3.52. The van der Waals surface area contributed by atoms with Gasteiger partial charge in [0.1, 0.15) is 6.29 Å². The Morgan fingerprint density at radius 1 is 0.909 bits per heavy atom. The minimum absolute atomic E-state index is 0.0879. The lowest BCUT2D eigenvalue weighted by molar-refractivity contribution is -0.108. The van der Waals surface area contributed by atoms with E-state index in [4.69, 9.17) is 11.5 Å². The largest absolute Gasteiger partial charge is 0.321 e. The molecule has 4 N–H and O–H groups in total. The fourth-order valence-corrected chi connectivity index (χ4v) is 2.30. The van der Waals surface area contributed by atoms with Crippen molar-refractivity contribution in [2.24, 2.45) is 11.5 Å². The van der Waals surface area contributed by atoms with Gasteiger partial charge in [0, 0.05) is 5.56 Å². The Balaban J connectivity index is 2.01. The molecular weight excluding hydrogens is 276 g/mol. The van der Waals surface area contributed by atoms with E-state index in [-0.39, 0.29) is 5.78 Å². The first-order valence-corrected chi connectivity index (χ1v) is 7.23. The third kappa shape index (κ3) is 4.35. The molecular formula is C18H20N2O2. The smallest absolute Gasteiger partial charge is 0.179 e. The number of rotatable bonds is 7. The third-order valence-corrected chi connectivity index (χ3v) is 3.52. The van der Waals surface area contributed by atoms with E-state index in [2.05, 4.69) is 0 Å². The molecule has 2 aromatic rings. The van der Waals surface area contributed by atoms with Gasteiger partial charge < -0.3 is 16.3 Å². The van der Waals surface area contributed by atoms with E-state index in [9.17, 15) is 9.59 Å². The number of Topliss-reactive ketones (excluding diaryl/α,β-unsaturated/α-hetero) is 1. The Morgan fingerprint density at radius 3 is 2.09 bits per heavy atom. The highest BCUT2D eigenvalue weighted by molar-refractivity contribution is 6.00. The van der Waals surface area contributed by atoms with Gasteiger partial charge >= 0.3 is 0 Å². The number of aldehydes is 1. The van der Waals surface area contributed by atoms with Crippen LogP contribution in [-0.2, 0) is 17.6 Å². The Hall–Kier alpha value is -2.30. The highest BCUT2D eigenvalue weighted by atomic mass is 16.1. The lowest BCUT2D eigenvalue weighted by Crippen LogP contribution is -2.32. The van der Waals surface area contributed by atoms with Crippen molar-refractivity contribution in [2.45, 2.75) is 24.9 Å². The topological polar surface area (TPSA) is 86.2 Å². The Kier molecular flexibility index (Phi) is 5.58. The molecule has 114 valence electrons. The minimum Gasteiger partial charge on any atom is -0.321 e. The summed E-state index contributed by atoms with van der Waals surface area (Å²) in [6.45, 7) is 0. The zero-order valence-electron chi connectivity index (χ0n) is 12.3. The van der Waals surface area contributed by atoms with Crippen LogP contribution in [0.4, 0.5) is 0 Å². The summed E-state index contributed by atoms with van der Waals surface area (Å²) >= 11 is 0. The second-order valence-electron chi connectivity index (χ2n) is 5.36. The van der Waals surface area contributed by atoms with Crippen molar-refractivity contribution in [2.75, 3.05) is 0 Å². The van der Waals surface area contributed by atoms with E-state index >= 15 is 0 Å². The van der Waals surface area contributed by atoms with Crippen LogP contribution in [0, 0.1) is 0 Å². The molecule has 0 spiro atoms. The molecule has 4 nitrogen and oxygen atoms in total. The number of hydrogen-bond donors (Lipinski definition) is 2. The van der Waals surface area contributed by atoms with Crippen LogP contribution in [0.3, 0.4) is 0 Å². The Morgan fingerprint density at radius 2 is 1.50 bits per heavy atom. The van der Waals surface area contributed by atoms with Gasteiger partial charge in [0.15, 0.2) is 5.78 Å². The molecule has 0 heterocycles. The summed E-state index contributed by atoms with van der Waals surface area (Å²) < 4.78 is 0. The highest BCUT2D eigenvalue weighted by Gasteiger charge is 2.16. The van der Waals surface area contributed by atoms with Gasteiger partial charge in [-0.25, -0.2) is 0 Å². The van der Waals surface area contributed by atoms with E-state index in [0.717, 1.165) is 17.4 Å². The zero-order valence-corrected chi connectivity index (χ0v) is 12.3. The molecule has 0 aromatic heterocycles. The highest BCUT2D eigenvalue weighted by Crippen LogP contribution is 2.10. The van der Waals surface area contributed by atoms with Crippen molar-refractivity contribution in [3.8, 4) is 0 Å². The van der Waals surface area contributed by atoms with Crippen LogP contribution in [0.2, 0.25) is 0 Å². The Bertz CT molecular complexity index is 623. The quantitative estimate of drug-likeness (QED) is 0.599. The van der Waals surface area contributed by atoms with Crippen LogP contribution in [0.15, 0.2) is 54.6 Å². The van der Waals surface area contributed by atoms with E-state index in [0.29, 0.717) is 18.4 Å². The maximum atomic E-state index is 12.3. The second kappa shape index (κ2) is 7.64. The maximum absolute atomic E-state index is 12.3. The monoisotopic (exact) mass is 296 g/mol. The first kappa shape index (κ1) is 16.1. The molecule has 0 saturated heterocycles. The second-order valence-corrected chi connectivity index (χ2v) is 5.36. The predicted molar refractivity (Wildman–Crippen MR) is 86.6 cm³/mol. The van der Waals surface area contributed by atoms with Crippen molar-refractivity contribution in [3.63, 3.8) is 0 Å².